The van der Waals surface area contributed by atoms with Crippen molar-refractivity contribution in [1.29, 1.82) is 5.26 Å². The number of rotatable bonds is 7. The van der Waals surface area contributed by atoms with E-state index in [2.05, 4.69) is 11.0 Å². The SMILES string of the molecule is COc1cc(C(=O)CC2CCN(CC(O)c3ccc4c(c3C)COC4=O)CC2)ccc1C#N. The third-order valence-electron chi connectivity index (χ3n) is 6.82. The Morgan fingerprint density at radius 2 is 2.06 bits per heavy atom. The van der Waals surface area contributed by atoms with Gasteiger partial charge in [-0.1, -0.05) is 6.07 Å². The van der Waals surface area contributed by atoms with E-state index in [0.29, 0.717) is 35.4 Å². The Hall–Kier alpha value is -3.21. The highest BCUT2D eigenvalue weighted by molar-refractivity contribution is 5.96. The Labute approximate surface area is 193 Å². The molecule has 1 unspecified atom stereocenters. The Balaban J connectivity index is 1.31. The number of ether oxygens (including phenoxy) is 2. The van der Waals surface area contributed by atoms with Crippen LogP contribution >= 0.6 is 0 Å². The van der Waals surface area contributed by atoms with Crippen LogP contribution in [0.1, 0.15) is 68.3 Å². The number of Topliss-reactive ketones (excluding diaryl/α,β-unsaturated/α-hetero) is 1. The van der Waals surface area contributed by atoms with Gasteiger partial charge in [0.25, 0.3) is 0 Å². The minimum Gasteiger partial charge on any atom is -0.495 e. The van der Waals surface area contributed by atoms with Crippen molar-refractivity contribution in [3.8, 4) is 11.8 Å². The van der Waals surface area contributed by atoms with Gasteiger partial charge in [0.15, 0.2) is 5.78 Å². The maximum absolute atomic E-state index is 12.8. The smallest absolute Gasteiger partial charge is 0.338 e. The lowest BCUT2D eigenvalue weighted by Crippen LogP contribution is -2.37. The van der Waals surface area contributed by atoms with Crippen LogP contribution in [0.15, 0.2) is 30.3 Å². The van der Waals surface area contributed by atoms with E-state index in [4.69, 9.17) is 14.7 Å². The number of fused-ring (bicyclic) bond motifs is 1. The molecule has 0 aromatic heterocycles. The number of aliphatic hydroxyl groups excluding tert-OH is 1. The number of piperidine rings is 1. The molecule has 2 aromatic rings. The number of β-amino-alcohol motifs (C(OH)–C–C–N with tert-alkyl or cyclic N) is 1. The lowest BCUT2D eigenvalue weighted by Gasteiger charge is -2.33. The summed E-state index contributed by atoms with van der Waals surface area (Å²) in [6.07, 6.45) is 1.59. The van der Waals surface area contributed by atoms with E-state index in [9.17, 15) is 14.7 Å². The fourth-order valence-corrected chi connectivity index (χ4v) is 4.78. The minimum atomic E-state index is -0.643. The van der Waals surface area contributed by atoms with Crippen molar-refractivity contribution in [2.24, 2.45) is 5.92 Å². The molecular formula is C26H28N2O5. The van der Waals surface area contributed by atoms with Crippen molar-refractivity contribution in [3.05, 3.63) is 63.7 Å². The minimum absolute atomic E-state index is 0.0572. The van der Waals surface area contributed by atoms with Crippen LogP contribution in [0.2, 0.25) is 0 Å². The first-order chi connectivity index (χ1) is 15.9. The molecule has 0 bridgehead atoms. The van der Waals surface area contributed by atoms with E-state index in [1.165, 1.54) is 7.11 Å². The van der Waals surface area contributed by atoms with E-state index >= 15 is 0 Å². The predicted octanol–water partition coefficient (Wildman–Crippen LogP) is 3.56. The van der Waals surface area contributed by atoms with Crippen LogP contribution in [0.25, 0.3) is 0 Å². The van der Waals surface area contributed by atoms with Crippen LogP contribution in [-0.4, -0.2) is 48.5 Å². The number of likely N-dealkylation sites (tertiary alicyclic amines) is 1. The first-order valence-electron chi connectivity index (χ1n) is 11.2. The van der Waals surface area contributed by atoms with Gasteiger partial charge in [-0.3, -0.25) is 4.79 Å². The number of ketones is 1. The fraction of sp³-hybridized carbons (Fsp3) is 0.423. The standard InChI is InChI=1S/C26H28N2O5/c1-16-20(5-6-21-22(16)15-33-26(21)31)24(30)14-28-9-7-17(8-10-28)11-23(29)18-3-4-19(13-27)25(12-18)32-2/h3-6,12,17,24,30H,7-11,14-15H2,1-2H3. The molecule has 0 spiro atoms. The number of nitrogens with zero attached hydrogens (tertiary/aromatic N) is 2. The van der Waals surface area contributed by atoms with Gasteiger partial charge in [0, 0.05) is 24.1 Å². The molecule has 7 nitrogen and oxygen atoms in total. The van der Waals surface area contributed by atoms with Crippen molar-refractivity contribution in [1.82, 2.24) is 4.90 Å². The molecule has 172 valence electrons. The van der Waals surface area contributed by atoms with Gasteiger partial charge < -0.3 is 19.5 Å². The van der Waals surface area contributed by atoms with Gasteiger partial charge in [0.1, 0.15) is 18.4 Å². The van der Waals surface area contributed by atoms with E-state index < -0.39 is 6.10 Å². The third-order valence-corrected chi connectivity index (χ3v) is 6.82. The number of benzene rings is 2. The van der Waals surface area contributed by atoms with Crippen molar-refractivity contribution < 1.29 is 24.2 Å². The molecule has 0 radical (unpaired) electrons. The summed E-state index contributed by atoms with van der Waals surface area (Å²) < 4.78 is 10.3. The quantitative estimate of drug-likeness (QED) is 0.511. The molecule has 0 saturated carbocycles. The zero-order valence-corrected chi connectivity index (χ0v) is 19.0. The molecule has 0 amide bonds. The van der Waals surface area contributed by atoms with Gasteiger partial charge in [-0.2, -0.15) is 5.26 Å². The monoisotopic (exact) mass is 448 g/mol. The molecular weight excluding hydrogens is 420 g/mol. The molecule has 4 rings (SSSR count). The van der Waals surface area contributed by atoms with E-state index in [1.807, 2.05) is 13.0 Å². The summed E-state index contributed by atoms with van der Waals surface area (Å²) in [7, 11) is 1.49. The second kappa shape index (κ2) is 9.74. The van der Waals surface area contributed by atoms with Crippen molar-refractivity contribution >= 4 is 11.8 Å². The van der Waals surface area contributed by atoms with Crippen LogP contribution in [-0.2, 0) is 11.3 Å². The fourth-order valence-electron chi connectivity index (χ4n) is 4.78. The molecule has 1 N–H and O–H groups in total. The summed E-state index contributed by atoms with van der Waals surface area (Å²) in [5, 5.41) is 20.0. The van der Waals surface area contributed by atoms with Crippen LogP contribution < -0.4 is 4.74 Å². The molecule has 1 fully saturated rings. The Morgan fingerprint density at radius 3 is 2.76 bits per heavy atom. The molecule has 1 atom stereocenters. The van der Waals surface area contributed by atoms with Gasteiger partial charge in [-0.15, -0.1) is 0 Å². The van der Waals surface area contributed by atoms with E-state index in [1.54, 1.807) is 24.3 Å². The molecule has 2 heterocycles. The van der Waals surface area contributed by atoms with E-state index in [-0.39, 0.29) is 24.3 Å². The zero-order chi connectivity index (χ0) is 23.5. The highest BCUT2D eigenvalue weighted by Gasteiger charge is 2.28. The second-order valence-electron chi connectivity index (χ2n) is 8.80. The topological polar surface area (TPSA) is 99.9 Å². The first kappa shape index (κ1) is 23.0. The molecule has 2 aromatic carbocycles. The number of cyclic esters (lactones) is 1. The van der Waals surface area contributed by atoms with Crippen LogP contribution in [0.5, 0.6) is 5.75 Å². The highest BCUT2D eigenvalue weighted by atomic mass is 16.5. The molecule has 0 aliphatic carbocycles. The first-order valence-corrected chi connectivity index (χ1v) is 11.2. The molecule has 1 saturated heterocycles. The number of hydrogen-bond donors (Lipinski definition) is 1. The van der Waals surface area contributed by atoms with Gasteiger partial charge in [-0.05, 0) is 74.2 Å². The van der Waals surface area contributed by atoms with E-state index in [0.717, 1.165) is 42.6 Å². The summed E-state index contributed by atoms with van der Waals surface area (Å²) in [4.78, 5) is 26.7. The number of nitriles is 1. The summed E-state index contributed by atoms with van der Waals surface area (Å²) in [5.41, 5.74) is 4.20. The number of esters is 1. The van der Waals surface area contributed by atoms with Gasteiger partial charge in [0.2, 0.25) is 0 Å². The summed E-state index contributed by atoms with van der Waals surface area (Å²) in [6.45, 7) is 4.34. The molecule has 2 aliphatic heterocycles. The lowest BCUT2D eigenvalue weighted by molar-refractivity contribution is 0.0534. The average Bonchev–Trinajstić information content (AvgIpc) is 3.21. The molecule has 7 heteroatoms. The lowest BCUT2D eigenvalue weighted by atomic mass is 9.89. The summed E-state index contributed by atoms with van der Waals surface area (Å²) in [6, 6.07) is 10.6. The number of aliphatic hydroxyl groups is 1. The number of carbonyl (C=O) groups excluding carboxylic acids is 2. The number of hydrogen-bond acceptors (Lipinski definition) is 7. The van der Waals surface area contributed by atoms with Crippen molar-refractivity contribution in [3.63, 3.8) is 0 Å². The van der Waals surface area contributed by atoms with Gasteiger partial charge >= 0.3 is 5.97 Å². The Kier molecular flexibility index (Phi) is 6.77. The Morgan fingerprint density at radius 1 is 1.30 bits per heavy atom. The van der Waals surface area contributed by atoms with Gasteiger partial charge in [0.05, 0.1) is 24.3 Å². The normalized spacial score (nSPS) is 17.2. The van der Waals surface area contributed by atoms with Crippen molar-refractivity contribution in [2.45, 2.75) is 38.9 Å². The Bertz CT molecular complexity index is 1110. The summed E-state index contributed by atoms with van der Waals surface area (Å²) in [5.74, 6) is 0.467. The van der Waals surface area contributed by atoms with Crippen LogP contribution in [0.3, 0.4) is 0 Å². The summed E-state index contributed by atoms with van der Waals surface area (Å²) >= 11 is 0. The second-order valence-corrected chi connectivity index (χ2v) is 8.80. The van der Waals surface area contributed by atoms with Gasteiger partial charge in [-0.25, -0.2) is 4.79 Å². The highest BCUT2D eigenvalue weighted by Crippen LogP contribution is 2.31. The van der Waals surface area contributed by atoms with Crippen molar-refractivity contribution in [2.75, 3.05) is 26.7 Å². The average molecular weight is 449 g/mol. The largest absolute Gasteiger partial charge is 0.495 e. The number of carbonyl (C=O) groups is 2. The van der Waals surface area contributed by atoms with Crippen LogP contribution in [0.4, 0.5) is 0 Å². The maximum Gasteiger partial charge on any atom is 0.338 e. The zero-order valence-electron chi connectivity index (χ0n) is 19.0. The third kappa shape index (κ3) is 4.77. The molecule has 2 aliphatic rings. The number of methoxy groups -OCH3 is 1. The maximum atomic E-state index is 12.8. The molecule has 33 heavy (non-hydrogen) atoms. The predicted molar refractivity (Wildman–Crippen MR) is 121 cm³/mol. The van der Waals surface area contributed by atoms with Crippen LogP contribution in [0, 0.1) is 24.2 Å².